The average Bonchev–Trinajstić information content (AvgIpc) is 2.90. The third-order valence-electron chi connectivity index (χ3n) is 4.22. The van der Waals surface area contributed by atoms with E-state index < -0.39 is 0 Å². The van der Waals surface area contributed by atoms with Gasteiger partial charge in [-0.15, -0.1) is 0 Å². The molecular weight excluding hydrogens is 232 g/mol. The first-order valence-electron chi connectivity index (χ1n) is 6.47. The number of anilines is 1. The Kier molecular flexibility index (Phi) is 2.80. The van der Waals surface area contributed by atoms with Crippen LogP contribution < -0.4 is 10.6 Å². The number of hydrogen-bond acceptors (Lipinski definition) is 2. The number of benzene rings is 1. The van der Waals surface area contributed by atoms with Crippen molar-refractivity contribution in [3.63, 3.8) is 0 Å². The third kappa shape index (κ3) is 1.94. The summed E-state index contributed by atoms with van der Waals surface area (Å²) in [6.07, 6.45) is 4.08. The SMILES string of the molecule is C[C@H](N)c1ccc(N2CC3CCC2C3)c(Cl)c1. The molecule has 1 aliphatic carbocycles. The highest BCUT2D eigenvalue weighted by molar-refractivity contribution is 6.33. The van der Waals surface area contributed by atoms with Crippen LogP contribution in [-0.4, -0.2) is 12.6 Å². The topological polar surface area (TPSA) is 29.3 Å². The second-order valence-electron chi connectivity index (χ2n) is 5.48. The molecule has 2 fully saturated rings. The minimum atomic E-state index is 0.0524. The van der Waals surface area contributed by atoms with Gasteiger partial charge in [-0.05, 0) is 49.8 Å². The molecule has 2 unspecified atom stereocenters. The van der Waals surface area contributed by atoms with Crippen molar-refractivity contribution in [3.8, 4) is 0 Å². The smallest absolute Gasteiger partial charge is 0.0642 e. The standard InChI is InChI=1S/C14H19ClN2/c1-9(16)11-3-5-14(13(15)7-11)17-8-10-2-4-12(17)6-10/h3,5,7,9-10,12H,2,4,6,8,16H2,1H3/t9-,10?,12?/m0/s1. The molecule has 1 aliphatic heterocycles. The highest BCUT2D eigenvalue weighted by Crippen LogP contribution is 2.42. The molecule has 3 atom stereocenters. The highest BCUT2D eigenvalue weighted by atomic mass is 35.5. The third-order valence-corrected chi connectivity index (χ3v) is 4.52. The van der Waals surface area contributed by atoms with Crippen LogP contribution in [0.5, 0.6) is 0 Å². The van der Waals surface area contributed by atoms with Gasteiger partial charge in [0.15, 0.2) is 0 Å². The number of rotatable bonds is 2. The molecule has 0 aromatic heterocycles. The predicted molar refractivity (Wildman–Crippen MR) is 72.5 cm³/mol. The van der Waals surface area contributed by atoms with Crippen LogP contribution in [0.2, 0.25) is 5.02 Å². The lowest BCUT2D eigenvalue weighted by Crippen LogP contribution is -2.32. The Bertz CT molecular complexity index is 430. The van der Waals surface area contributed by atoms with Gasteiger partial charge in [-0.2, -0.15) is 0 Å². The summed E-state index contributed by atoms with van der Waals surface area (Å²) in [5.74, 6) is 0.893. The normalized spacial score (nSPS) is 28.8. The molecule has 1 heterocycles. The van der Waals surface area contributed by atoms with E-state index in [-0.39, 0.29) is 6.04 Å². The summed E-state index contributed by atoms with van der Waals surface area (Å²) >= 11 is 6.39. The van der Waals surface area contributed by atoms with E-state index in [1.165, 1.54) is 31.5 Å². The molecule has 1 saturated heterocycles. The molecule has 2 N–H and O–H groups in total. The predicted octanol–water partition coefficient (Wildman–Crippen LogP) is 3.35. The number of nitrogens with two attached hydrogens (primary N) is 1. The maximum absolute atomic E-state index is 6.39. The van der Waals surface area contributed by atoms with E-state index in [0.29, 0.717) is 0 Å². The first-order chi connectivity index (χ1) is 8.15. The van der Waals surface area contributed by atoms with Gasteiger partial charge in [0.05, 0.1) is 10.7 Å². The van der Waals surface area contributed by atoms with E-state index in [9.17, 15) is 0 Å². The molecule has 0 amide bonds. The molecule has 1 aromatic rings. The van der Waals surface area contributed by atoms with Gasteiger partial charge in [0.25, 0.3) is 0 Å². The minimum absolute atomic E-state index is 0.0524. The molecule has 1 aromatic carbocycles. The van der Waals surface area contributed by atoms with Crippen LogP contribution in [0.25, 0.3) is 0 Å². The second kappa shape index (κ2) is 4.18. The van der Waals surface area contributed by atoms with Crippen LogP contribution in [0.15, 0.2) is 18.2 Å². The summed E-state index contributed by atoms with van der Waals surface area (Å²) in [6, 6.07) is 7.04. The molecule has 1 saturated carbocycles. The monoisotopic (exact) mass is 250 g/mol. The molecule has 3 rings (SSSR count). The van der Waals surface area contributed by atoms with Crippen LogP contribution in [0.1, 0.15) is 37.8 Å². The number of fused-ring (bicyclic) bond motifs is 2. The Morgan fingerprint density at radius 1 is 1.41 bits per heavy atom. The summed E-state index contributed by atoms with van der Waals surface area (Å²) in [6.45, 7) is 3.17. The maximum Gasteiger partial charge on any atom is 0.0642 e. The molecule has 0 spiro atoms. The Labute approximate surface area is 108 Å². The van der Waals surface area contributed by atoms with Crippen molar-refractivity contribution in [1.29, 1.82) is 0 Å². The van der Waals surface area contributed by atoms with Gasteiger partial charge >= 0.3 is 0 Å². The Morgan fingerprint density at radius 2 is 2.24 bits per heavy atom. The van der Waals surface area contributed by atoms with Crippen molar-refractivity contribution in [2.45, 2.75) is 38.3 Å². The van der Waals surface area contributed by atoms with E-state index >= 15 is 0 Å². The van der Waals surface area contributed by atoms with Gasteiger partial charge in [0, 0.05) is 18.6 Å². The first-order valence-corrected chi connectivity index (χ1v) is 6.84. The fourth-order valence-corrected chi connectivity index (χ4v) is 3.56. The first kappa shape index (κ1) is 11.4. The van der Waals surface area contributed by atoms with Gasteiger partial charge in [-0.25, -0.2) is 0 Å². The number of hydrogen-bond donors (Lipinski definition) is 1. The summed E-state index contributed by atoms with van der Waals surface area (Å²) in [7, 11) is 0. The quantitative estimate of drug-likeness (QED) is 0.872. The Morgan fingerprint density at radius 3 is 2.76 bits per heavy atom. The number of piperidine rings is 1. The summed E-state index contributed by atoms with van der Waals surface area (Å²) in [5, 5.41) is 0.854. The Hall–Kier alpha value is -0.730. The molecule has 2 bridgehead atoms. The lowest BCUT2D eigenvalue weighted by molar-refractivity contribution is 0.553. The molecule has 92 valence electrons. The lowest BCUT2D eigenvalue weighted by atomic mass is 10.1. The van der Waals surface area contributed by atoms with Crippen molar-refractivity contribution in [2.24, 2.45) is 11.7 Å². The Balaban J connectivity index is 1.89. The van der Waals surface area contributed by atoms with E-state index in [0.717, 1.165) is 22.5 Å². The van der Waals surface area contributed by atoms with Gasteiger partial charge in [-0.3, -0.25) is 0 Å². The summed E-state index contributed by atoms with van der Waals surface area (Å²) < 4.78 is 0. The van der Waals surface area contributed by atoms with Gasteiger partial charge < -0.3 is 10.6 Å². The molecule has 17 heavy (non-hydrogen) atoms. The number of nitrogens with zero attached hydrogens (tertiary/aromatic N) is 1. The fraction of sp³-hybridized carbons (Fsp3) is 0.571. The van der Waals surface area contributed by atoms with E-state index in [1.54, 1.807) is 0 Å². The fourth-order valence-electron chi connectivity index (χ4n) is 3.26. The zero-order valence-corrected chi connectivity index (χ0v) is 11.0. The minimum Gasteiger partial charge on any atom is -0.367 e. The maximum atomic E-state index is 6.39. The molecule has 0 radical (unpaired) electrons. The van der Waals surface area contributed by atoms with Crippen molar-refractivity contribution in [3.05, 3.63) is 28.8 Å². The van der Waals surface area contributed by atoms with Crippen molar-refractivity contribution >= 4 is 17.3 Å². The van der Waals surface area contributed by atoms with Crippen LogP contribution in [0.4, 0.5) is 5.69 Å². The average molecular weight is 251 g/mol. The van der Waals surface area contributed by atoms with Gasteiger partial charge in [0.1, 0.15) is 0 Å². The summed E-state index contributed by atoms with van der Waals surface area (Å²) in [4.78, 5) is 2.49. The van der Waals surface area contributed by atoms with E-state index in [1.807, 2.05) is 13.0 Å². The highest BCUT2D eigenvalue weighted by Gasteiger charge is 2.38. The van der Waals surface area contributed by atoms with Gasteiger partial charge in [-0.1, -0.05) is 17.7 Å². The molecular formula is C14H19ClN2. The van der Waals surface area contributed by atoms with E-state index in [2.05, 4.69) is 17.0 Å². The molecule has 2 nitrogen and oxygen atoms in total. The van der Waals surface area contributed by atoms with Gasteiger partial charge in [0.2, 0.25) is 0 Å². The number of halogens is 1. The van der Waals surface area contributed by atoms with E-state index in [4.69, 9.17) is 17.3 Å². The zero-order chi connectivity index (χ0) is 12.0. The van der Waals surface area contributed by atoms with Crippen LogP contribution in [0, 0.1) is 5.92 Å². The second-order valence-corrected chi connectivity index (χ2v) is 5.89. The van der Waals surface area contributed by atoms with Crippen LogP contribution in [0.3, 0.4) is 0 Å². The largest absolute Gasteiger partial charge is 0.367 e. The van der Waals surface area contributed by atoms with Crippen LogP contribution in [-0.2, 0) is 0 Å². The van der Waals surface area contributed by atoms with Crippen molar-refractivity contribution < 1.29 is 0 Å². The zero-order valence-electron chi connectivity index (χ0n) is 10.2. The van der Waals surface area contributed by atoms with Crippen LogP contribution >= 0.6 is 11.6 Å². The summed E-state index contributed by atoms with van der Waals surface area (Å²) in [5.41, 5.74) is 8.19. The lowest BCUT2D eigenvalue weighted by Gasteiger charge is -2.30. The van der Waals surface area contributed by atoms with Crippen molar-refractivity contribution in [2.75, 3.05) is 11.4 Å². The molecule has 2 aliphatic rings. The van der Waals surface area contributed by atoms with Crippen molar-refractivity contribution in [1.82, 2.24) is 0 Å². The molecule has 3 heteroatoms.